The number of hydrogen-bond acceptors (Lipinski definition) is 8. The zero-order chi connectivity index (χ0) is 29.5. The number of amides is 1. The summed E-state index contributed by atoms with van der Waals surface area (Å²) in [6.45, 7) is 4.17. The number of aromatic nitrogens is 3. The van der Waals surface area contributed by atoms with Crippen molar-refractivity contribution < 1.29 is 27.6 Å². The maximum absolute atomic E-state index is 12.9. The van der Waals surface area contributed by atoms with Gasteiger partial charge in [-0.15, -0.1) is 0 Å². The highest BCUT2D eigenvalue weighted by atomic mass is 31.2. The number of nitrogens with one attached hydrogen (secondary N) is 1. The second-order valence-corrected chi connectivity index (χ2v) is 11.5. The van der Waals surface area contributed by atoms with Gasteiger partial charge in [-0.1, -0.05) is 24.3 Å². The van der Waals surface area contributed by atoms with E-state index in [2.05, 4.69) is 10.3 Å². The first kappa shape index (κ1) is 29.3. The topological polar surface area (TPSA) is 118 Å². The van der Waals surface area contributed by atoms with Crippen LogP contribution in [0.25, 0.3) is 28.3 Å². The van der Waals surface area contributed by atoms with Crippen LogP contribution in [0.4, 0.5) is 5.69 Å². The van der Waals surface area contributed by atoms with E-state index in [0.29, 0.717) is 42.8 Å². The number of anilines is 1. The summed E-state index contributed by atoms with van der Waals surface area (Å²) in [7, 11) is -1.59. The first-order valence-corrected chi connectivity index (χ1v) is 15.5. The lowest BCUT2D eigenvalue weighted by molar-refractivity contribution is -0.116. The molecular weight excluding hydrogens is 555 g/mol. The van der Waals surface area contributed by atoms with E-state index in [-0.39, 0.29) is 18.5 Å². The molecule has 2 aromatic heterocycles. The molecule has 5 aromatic rings. The lowest BCUT2D eigenvalue weighted by Gasteiger charge is -2.17. The molecule has 0 saturated heterocycles. The van der Waals surface area contributed by atoms with Crippen molar-refractivity contribution in [2.24, 2.45) is 0 Å². The highest BCUT2D eigenvalue weighted by Crippen LogP contribution is 2.51. The normalized spacial score (nSPS) is 11.6. The van der Waals surface area contributed by atoms with Crippen molar-refractivity contribution in [1.29, 1.82) is 0 Å². The monoisotopic (exact) mass is 588 g/mol. The average Bonchev–Trinajstić information content (AvgIpc) is 3.62. The Kier molecular flexibility index (Phi) is 9.17. The maximum atomic E-state index is 12.9. The minimum absolute atomic E-state index is 0.164. The molecule has 0 atom stereocenters. The van der Waals surface area contributed by atoms with Crippen LogP contribution in [0.2, 0.25) is 0 Å². The van der Waals surface area contributed by atoms with Crippen LogP contribution in [0.15, 0.2) is 83.5 Å². The van der Waals surface area contributed by atoms with Gasteiger partial charge in [0.15, 0.2) is 0 Å². The molecule has 11 heteroatoms. The smallest absolute Gasteiger partial charge is 0.335 e. The molecule has 0 unspecified atom stereocenters. The third-order valence-corrected chi connectivity index (χ3v) is 8.61. The van der Waals surface area contributed by atoms with Crippen LogP contribution in [0.3, 0.4) is 0 Å². The summed E-state index contributed by atoms with van der Waals surface area (Å²) in [5.41, 5.74) is 4.61. The summed E-state index contributed by atoms with van der Waals surface area (Å²) in [5.74, 6) is 1.14. The molecule has 2 heterocycles. The second kappa shape index (κ2) is 13.2. The Morgan fingerprint density at radius 2 is 1.69 bits per heavy atom. The molecule has 0 fully saturated rings. The molecule has 1 N–H and O–H groups in total. The van der Waals surface area contributed by atoms with E-state index in [1.54, 1.807) is 56.1 Å². The van der Waals surface area contributed by atoms with Crippen molar-refractivity contribution in [3.63, 3.8) is 0 Å². The molecule has 0 aliphatic rings. The van der Waals surface area contributed by atoms with E-state index < -0.39 is 7.60 Å². The number of rotatable bonds is 13. The molecule has 1 amide bonds. The van der Waals surface area contributed by atoms with Gasteiger partial charge in [0.2, 0.25) is 5.91 Å². The summed E-state index contributed by atoms with van der Waals surface area (Å²) >= 11 is 0. The molecule has 3 aromatic carbocycles. The number of para-hydroxylation sites is 2. The van der Waals surface area contributed by atoms with Gasteiger partial charge in [0.1, 0.15) is 23.5 Å². The first-order chi connectivity index (χ1) is 20.4. The van der Waals surface area contributed by atoms with E-state index in [1.807, 2.05) is 48.5 Å². The second-order valence-electron chi connectivity index (χ2n) is 9.45. The summed E-state index contributed by atoms with van der Waals surface area (Å²) in [5, 5.41) is 2.92. The largest absolute Gasteiger partial charge is 0.497 e. The van der Waals surface area contributed by atoms with Gasteiger partial charge in [0, 0.05) is 24.1 Å². The molecular formula is C31H33N4O6P. The number of hydrogen-bond donors (Lipinski definition) is 1. The summed E-state index contributed by atoms with van der Waals surface area (Å²) in [6, 6.07) is 22.8. The Hall–Kier alpha value is -4.24. The van der Waals surface area contributed by atoms with Crippen molar-refractivity contribution in [1.82, 2.24) is 14.5 Å². The fourth-order valence-corrected chi connectivity index (χ4v) is 6.29. The van der Waals surface area contributed by atoms with E-state index in [1.165, 1.54) is 0 Å². The highest BCUT2D eigenvalue weighted by molar-refractivity contribution is 7.53. The molecule has 0 aliphatic heterocycles. The maximum Gasteiger partial charge on any atom is 0.335 e. The van der Waals surface area contributed by atoms with Gasteiger partial charge in [-0.25, -0.2) is 4.98 Å². The van der Waals surface area contributed by atoms with Gasteiger partial charge in [0.05, 0.1) is 37.5 Å². The van der Waals surface area contributed by atoms with Crippen LogP contribution in [-0.4, -0.2) is 40.8 Å². The molecule has 5 rings (SSSR count). The van der Waals surface area contributed by atoms with Crippen molar-refractivity contribution in [2.75, 3.05) is 25.6 Å². The number of aryl methyl sites for hydroxylation is 1. The first-order valence-electron chi connectivity index (χ1n) is 13.7. The highest BCUT2D eigenvalue weighted by Gasteiger charge is 2.24. The van der Waals surface area contributed by atoms with Gasteiger partial charge in [0.25, 0.3) is 0 Å². The molecule has 0 aliphatic carbocycles. The third-order valence-electron chi connectivity index (χ3n) is 6.55. The number of carbonyl (C=O) groups is 1. The predicted molar refractivity (Wildman–Crippen MR) is 161 cm³/mol. The molecule has 0 radical (unpaired) electrons. The van der Waals surface area contributed by atoms with Crippen LogP contribution < -0.4 is 10.1 Å². The number of methoxy groups -OCH3 is 1. The van der Waals surface area contributed by atoms with Gasteiger partial charge in [-0.2, -0.15) is 4.98 Å². The average molecular weight is 589 g/mol. The SMILES string of the molecule is CCOP(=O)(Cc1ccc(NC(=O)CCc2oc(-n3cnc4ccccc43)nc2-c2ccc(OC)cc2)cc1)OCC. The van der Waals surface area contributed by atoms with E-state index >= 15 is 0 Å². The number of imidazole rings is 1. The van der Waals surface area contributed by atoms with E-state index in [4.69, 9.17) is 23.2 Å². The Morgan fingerprint density at radius 3 is 2.38 bits per heavy atom. The standard InChI is InChI=1S/C31H33N4O6P/c1-4-39-42(37,40-5-2)20-22-10-14-24(15-11-22)33-29(36)19-18-28-30(23-12-16-25(38-3)17-13-23)34-31(41-28)35-21-32-26-8-6-7-9-27(26)35/h6-17,21H,4-5,18-20H2,1-3H3,(H,33,36). The number of ether oxygens (including phenoxy) is 1. The third kappa shape index (κ3) is 6.79. The van der Waals surface area contributed by atoms with Crippen molar-refractivity contribution in [3.8, 4) is 23.0 Å². The predicted octanol–water partition coefficient (Wildman–Crippen LogP) is 7.03. The quantitative estimate of drug-likeness (QED) is 0.146. The number of fused-ring (bicyclic) bond motifs is 1. The number of nitrogens with zero attached hydrogens (tertiary/aromatic N) is 3. The Balaban J connectivity index is 1.31. The summed E-state index contributed by atoms with van der Waals surface area (Å²) in [6.07, 6.45) is 2.35. The van der Waals surface area contributed by atoms with Crippen molar-refractivity contribution >= 4 is 30.2 Å². The van der Waals surface area contributed by atoms with Crippen LogP contribution in [0.5, 0.6) is 5.75 Å². The van der Waals surface area contributed by atoms with Gasteiger partial charge in [-0.3, -0.25) is 13.9 Å². The number of oxazole rings is 1. The molecule has 0 bridgehead atoms. The van der Waals surface area contributed by atoms with Gasteiger partial charge < -0.3 is 23.5 Å². The fraction of sp³-hybridized carbons (Fsp3) is 0.258. The van der Waals surface area contributed by atoms with Crippen molar-refractivity contribution in [3.05, 3.63) is 90.4 Å². The lowest BCUT2D eigenvalue weighted by Crippen LogP contribution is -2.12. The van der Waals surface area contributed by atoms with Crippen LogP contribution in [-0.2, 0) is 31.0 Å². The van der Waals surface area contributed by atoms with E-state index in [0.717, 1.165) is 27.9 Å². The lowest BCUT2D eigenvalue weighted by atomic mass is 10.1. The fourth-order valence-electron chi connectivity index (χ4n) is 4.59. The zero-order valence-corrected chi connectivity index (χ0v) is 24.7. The molecule has 42 heavy (non-hydrogen) atoms. The number of benzene rings is 3. The van der Waals surface area contributed by atoms with Crippen molar-refractivity contribution in [2.45, 2.75) is 32.9 Å². The summed E-state index contributed by atoms with van der Waals surface area (Å²) in [4.78, 5) is 22.2. The Labute approximate surface area is 244 Å². The Bertz CT molecular complexity index is 1690. The molecule has 10 nitrogen and oxygen atoms in total. The van der Waals surface area contributed by atoms with Gasteiger partial charge in [-0.05, 0) is 67.9 Å². The van der Waals surface area contributed by atoms with Crippen LogP contribution >= 0.6 is 7.60 Å². The number of carbonyl (C=O) groups excluding carboxylic acids is 1. The molecule has 218 valence electrons. The van der Waals surface area contributed by atoms with Gasteiger partial charge >= 0.3 is 13.6 Å². The van der Waals surface area contributed by atoms with E-state index in [9.17, 15) is 9.36 Å². The molecule has 0 spiro atoms. The minimum Gasteiger partial charge on any atom is -0.497 e. The zero-order valence-electron chi connectivity index (χ0n) is 23.8. The summed E-state index contributed by atoms with van der Waals surface area (Å²) < 4.78 is 36.9. The molecule has 0 saturated carbocycles. The Morgan fingerprint density at radius 1 is 0.976 bits per heavy atom. The van der Waals surface area contributed by atoms with Crippen LogP contribution in [0.1, 0.15) is 31.6 Å². The van der Waals surface area contributed by atoms with Crippen LogP contribution in [0, 0.1) is 0 Å². The minimum atomic E-state index is -3.21.